The van der Waals surface area contributed by atoms with Crippen LogP contribution < -0.4 is 0 Å². The van der Waals surface area contributed by atoms with E-state index in [0.717, 1.165) is 12.4 Å². The van der Waals surface area contributed by atoms with E-state index in [2.05, 4.69) is 20.8 Å². The maximum Gasteiger partial charge on any atom is 0.0963 e. The van der Waals surface area contributed by atoms with Crippen molar-refractivity contribution in [2.45, 2.75) is 59.3 Å². The molecule has 0 atom stereocenters. The highest BCUT2D eigenvalue weighted by atomic mass is 32.2. The fraction of sp³-hybridized carbons (Fsp3) is 0.857. The van der Waals surface area contributed by atoms with Gasteiger partial charge in [-0.2, -0.15) is 11.8 Å². The van der Waals surface area contributed by atoms with Crippen LogP contribution in [0.25, 0.3) is 0 Å². The predicted octanol–water partition coefficient (Wildman–Crippen LogP) is 5.02. The van der Waals surface area contributed by atoms with E-state index in [4.69, 9.17) is 4.74 Å². The summed E-state index contributed by atoms with van der Waals surface area (Å²) in [5.74, 6) is 2.41. The molecule has 0 N–H and O–H groups in total. The van der Waals surface area contributed by atoms with Crippen molar-refractivity contribution in [3.63, 3.8) is 0 Å². The molecule has 0 aromatic rings. The average Bonchev–Trinajstić information content (AvgIpc) is 2.30. The molecule has 0 unspecified atom stereocenters. The van der Waals surface area contributed by atoms with Gasteiger partial charge in [-0.05, 0) is 37.5 Å². The molecule has 0 aliphatic rings. The molecule has 0 spiro atoms. The van der Waals surface area contributed by atoms with Crippen molar-refractivity contribution in [2.75, 3.05) is 18.1 Å². The molecule has 96 valence electrons. The Labute approximate surface area is 106 Å². The van der Waals surface area contributed by atoms with E-state index < -0.39 is 0 Å². The zero-order valence-corrected chi connectivity index (χ0v) is 12.1. The Balaban J connectivity index is 3.18. The molecule has 0 rings (SSSR count). The molecule has 16 heavy (non-hydrogen) atoms. The van der Waals surface area contributed by atoms with Crippen molar-refractivity contribution in [3.05, 3.63) is 11.8 Å². The molecule has 0 aliphatic heterocycles. The first kappa shape index (κ1) is 15.9. The van der Waals surface area contributed by atoms with Gasteiger partial charge in [-0.15, -0.1) is 0 Å². The number of ether oxygens (including phenoxy) is 1. The minimum absolute atomic E-state index is 0.861. The second kappa shape index (κ2) is 13.0. The predicted molar refractivity (Wildman–Crippen MR) is 76.1 cm³/mol. The molecular weight excluding hydrogens is 216 g/mol. The van der Waals surface area contributed by atoms with Gasteiger partial charge in [0.15, 0.2) is 0 Å². The monoisotopic (exact) mass is 244 g/mol. The lowest BCUT2D eigenvalue weighted by Gasteiger charge is -2.03. The van der Waals surface area contributed by atoms with Gasteiger partial charge in [-0.25, -0.2) is 0 Å². The second-order valence-electron chi connectivity index (χ2n) is 4.26. The molecule has 0 aromatic heterocycles. The van der Waals surface area contributed by atoms with Crippen LogP contribution >= 0.6 is 11.8 Å². The number of hydrogen-bond acceptors (Lipinski definition) is 2. The van der Waals surface area contributed by atoms with Crippen LogP contribution in [0.4, 0.5) is 0 Å². The smallest absolute Gasteiger partial charge is 0.0963 e. The summed E-state index contributed by atoms with van der Waals surface area (Å²) in [6.45, 7) is 7.49. The van der Waals surface area contributed by atoms with Crippen molar-refractivity contribution < 1.29 is 4.74 Å². The number of allylic oxidation sites excluding steroid dienone is 1. The molecule has 0 saturated heterocycles. The van der Waals surface area contributed by atoms with E-state index in [1.54, 1.807) is 0 Å². The third kappa shape index (κ3) is 12.0. The summed E-state index contributed by atoms with van der Waals surface area (Å²) in [5, 5.41) is 0. The van der Waals surface area contributed by atoms with Crippen LogP contribution in [-0.2, 0) is 4.74 Å². The second-order valence-corrected chi connectivity index (χ2v) is 5.48. The van der Waals surface area contributed by atoms with Crippen LogP contribution in [0.3, 0.4) is 0 Å². The maximum atomic E-state index is 5.52. The van der Waals surface area contributed by atoms with Gasteiger partial charge in [0, 0.05) is 5.75 Å². The summed E-state index contributed by atoms with van der Waals surface area (Å²) in [6.07, 6.45) is 9.70. The molecule has 0 aliphatic carbocycles. The first-order valence-electron chi connectivity index (χ1n) is 6.66. The number of hydrogen-bond donors (Lipinski definition) is 0. The Morgan fingerprint density at radius 1 is 1.06 bits per heavy atom. The van der Waals surface area contributed by atoms with Gasteiger partial charge in [0.25, 0.3) is 0 Å². The Morgan fingerprint density at radius 2 is 1.81 bits per heavy atom. The molecule has 0 bridgehead atoms. The molecule has 0 amide bonds. The average molecular weight is 244 g/mol. The van der Waals surface area contributed by atoms with Crippen molar-refractivity contribution in [3.8, 4) is 0 Å². The summed E-state index contributed by atoms with van der Waals surface area (Å²) in [5.41, 5.74) is 1.37. The first-order chi connectivity index (χ1) is 7.81. The van der Waals surface area contributed by atoms with Gasteiger partial charge < -0.3 is 4.74 Å². The van der Waals surface area contributed by atoms with Gasteiger partial charge >= 0.3 is 0 Å². The molecular formula is C14H28OS. The standard InChI is InChI=1S/C14H28OS/c1-4-6-8-11-16-12-10-15-13-14(3)9-7-5-2/h13H,4-12H2,1-3H3/b14-13+. The maximum absolute atomic E-state index is 5.52. The van der Waals surface area contributed by atoms with Crippen LogP contribution in [0.1, 0.15) is 59.3 Å². The molecule has 0 fully saturated rings. The highest BCUT2D eigenvalue weighted by molar-refractivity contribution is 7.99. The van der Waals surface area contributed by atoms with Gasteiger partial charge in [-0.1, -0.05) is 33.1 Å². The highest BCUT2D eigenvalue weighted by Crippen LogP contribution is 2.08. The lowest BCUT2D eigenvalue weighted by atomic mass is 10.1. The van der Waals surface area contributed by atoms with E-state index in [9.17, 15) is 0 Å². The molecule has 0 aromatic carbocycles. The fourth-order valence-corrected chi connectivity index (χ4v) is 2.21. The summed E-state index contributed by atoms with van der Waals surface area (Å²) in [4.78, 5) is 0. The van der Waals surface area contributed by atoms with Gasteiger partial charge in [0.1, 0.15) is 0 Å². The quantitative estimate of drug-likeness (QED) is 0.373. The van der Waals surface area contributed by atoms with Crippen molar-refractivity contribution in [1.82, 2.24) is 0 Å². The van der Waals surface area contributed by atoms with Gasteiger partial charge in [-0.3, -0.25) is 0 Å². The zero-order valence-electron chi connectivity index (χ0n) is 11.3. The lowest BCUT2D eigenvalue weighted by molar-refractivity contribution is 0.268. The zero-order chi connectivity index (χ0) is 12.1. The minimum Gasteiger partial charge on any atom is -0.500 e. The normalized spacial score (nSPS) is 11.8. The molecule has 0 saturated carbocycles. The first-order valence-corrected chi connectivity index (χ1v) is 7.81. The Morgan fingerprint density at radius 3 is 2.50 bits per heavy atom. The highest BCUT2D eigenvalue weighted by Gasteiger charge is 1.91. The van der Waals surface area contributed by atoms with E-state index in [0.29, 0.717) is 0 Å². The SMILES string of the molecule is CCCCCSCCO/C=C(\C)CCCC. The Kier molecular flexibility index (Phi) is 12.9. The number of rotatable bonds is 11. The number of thioether (sulfide) groups is 1. The summed E-state index contributed by atoms with van der Waals surface area (Å²) in [7, 11) is 0. The molecule has 2 heteroatoms. The molecule has 1 nitrogen and oxygen atoms in total. The minimum atomic E-state index is 0.861. The van der Waals surface area contributed by atoms with Crippen LogP contribution in [0.5, 0.6) is 0 Å². The van der Waals surface area contributed by atoms with Crippen LogP contribution in [0.15, 0.2) is 11.8 Å². The topological polar surface area (TPSA) is 9.23 Å². The van der Waals surface area contributed by atoms with E-state index in [1.807, 2.05) is 18.0 Å². The van der Waals surface area contributed by atoms with Crippen LogP contribution in [0, 0.1) is 0 Å². The third-order valence-electron chi connectivity index (χ3n) is 2.45. The van der Waals surface area contributed by atoms with E-state index in [1.165, 1.54) is 49.9 Å². The Bertz CT molecular complexity index is 166. The lowest BCUT2D eigenvalue weighted by Crippen LogP contribution is -1.93. The number of unbranched alkanes of at least 4 members (excludes halogenated alkanes) is 3. The third-order valence-corrected chi connectivity index (χ3v) is 3.48. The van der Waals surface area contributed by atoms with Crippen LogP contribution in [0.2, 0.25) is 0 Å². The van der Waals surface area contributed by atoms with Crippen molar-refractivity contribution >= 4 is 11.8 Å². The van der Waals surface area contributed by atoms with E-state index in [-0.39, 0.29) is 0 Å². The van der Waals surface area contributed by atoms with Gasteiger partial charge in [0.2, 0.25) is 0 Å². The van der Waals surface area contributed by atoms with E-state index >= 15 is 0 Å². The largest absolute Gasteiger partial charge is 0.500 e. The van der Waals surface area contributed by atoms with Crippen LogP contribution in [-0.4, -0.2) is 18.1 Å². The molecule has 0 radical (unpaired) electrons. The fourth-order valence-electron chi connectivity index (χ4n) is 1.38. The van der Waals surface area contributed by atoms with Crippen molar-refractivity contribution in [1.29, 1.82) is 0 Å². The summed E-state index contributed by atoms with van der Waals surface area (Å²) < 4.78 is 5.52. The van der Waals surface area contributed by atoms with Crippen molar-refractivity contribution in [2.24, 2.45) is 0 Å². The Hall–Kier alpha value is -0.110. The summed E-state index contributed by atoms with van der Waals surface area (Å²) in [6, 6.07) is 0. The summed E-state index contributed by atoms with van der Waals surface area (Å²) >= 11 is 2.01. The molecule has 0 heterocycles. The van der Waals surface area contributed by atoms with Gasteiger partial charge in [0.05, 0.1) is 12.9 Å².